The molecule has 0 aliphatic carbocycles. The third kappa shape index (κ3) is 4.91. The van der Waals surface area contributed by atoms with Gasteiger partial charge in [0.2, 0.25) is 0 Å². The molecule has 2 heterocycles. The van der Waals surface area contributed by atoms with E-state index in [0.717, 1.165) is 21.1 Å². The molecule has 1 unspecified atom stereocenters. The average Bonchev–Trinajstić information content (AvgIpc) is 3.43. The number of thiophene rings is 1. The molecule has 4 nitrogen and oxygen atoms in total. The van der Waals surface area contributed by atoms with E-state index in [9.17, 15) is 4.79 Å². The van der Waals surface area contributed by atoms with Crippen LogP contribution in [0.25, 0.3) is 0 Å². The first kappa shape index (κ1) is 19.4. The fourth-order valence-corrected chi connectivity index (χ4v) is 4.39. The van der Waals surface area contributed by atoms with Crippen LogP contribution in [-0.2, 0) is 6.61 Å². The summed E-state index contributed by atoms with van der Waals surface area (Å²) in [4.78, 5) is 18.5. The lowest BCUT2D eigenvalue weighted by molar-refractivity contribution is 0.0943. The second kappa shape index (κ2) is 9.03. The molecule has 146 valence electrons. The number of rotatable bonds is 7. The van der Waals surface area contributed by atoms with Crippen LogP contribution in [-0.4, -0.2) is 10.9 Å². The number of carbonyl (C=O) groups is 1. The smallest absolute Gasteiger partial charge is 0.252 e. The fourth-order valence-electron chi connectivity index (χ4n) is 2.99. The summed E-state index contributed by atoms with van der Waals surface area (Å²) in [5, 5.41) is 8.18. The SMILES string of the molecule is Cc1nc(COc2cccc(C(=O)NC(c3ccccc3)c3cccs3)c2)cs1. The van der Waals surface area contributed by atoms with Gasteiger partial charge in [0.25, 0.3) is 5.91 Å². The Morgan fingerprint density at radius 2 is 1.93 bits per heavy atom. The fraction of sp³-hybridized carbons (Fsp3) is 0.130. The van der Waals surface area contributed by atoms with Gasteiger partial charge in [-0.3, -0.25) is 4.79 Å². The highest BCUT2D eigenvalue weighted by molar-refractivity contribution is 7.10. The van der Waals surface area contributed by atoms with Crippen LogP contribution in [0.5, 0.6) is 5.75 Å². The molecule has 6 heteroatoms. The monoisotopic (exact) mass is 420 g/mol. The lowest BCUT2D eigenvalue weighted by Crippen LogP contribution is -2.28. The maximum atomic E-state index is 13.0. The molecule has 1 atom stereocenters. The summed E-state index contributed by atoms with van der Waals surface area (Å²) in [5.41, 5.74) is 2.51. The van der Waals surface area contributed by atoms with Crippen molar-refractivity contribution >= 4 is 28.6 Å². The second-order valence-corrected chi connectivity index (χ2v) is 8.55. The molecule has 0 aliphatic rings. The topological polar surface area (TPSA) is 51.2 Å². The van der Waals surface area contributed by atoms with Crippen LogP contribution in [0, 0.1) is 6.92 Å². The van der Waals surface area contributed by atoms with Crippen LogP contribution in [0.3, 0.4) is 0 Å². The highest BCUT2D eigenvalue weighted by Gasteiger charge is 2.19. The number of thiazole rings is 1. The highest BCUT2D eigenvalue weighted by Crippen LogP contribution is 2.26. The molecule has 0 saturated heterocycles. The zero-order chi connectivity index (χ0) is 20.1. The van der Waals surface area contributed by atoms with Gasteiger partial charge in [-0.05, 0) is 42.1 Å². The van der Waals surface area contributed by atoms with Crippen LogP contribution in [0.4, 0.5) is 0 Å². The summed E-state index contributed by atoms with van der Waals surface area (Å²) in [6.45, 7) is 2.35. The number of hydrogen-bond donors (Lipinski definition) is 1. The van der Waals surface area contributed by atoms with Gasteiger partial charge in [0.1, 0.15) is 12.4 Å². The number of benzene rings is 2. The maximum Gasteiger partial charge on any atom is 0.252 e. The molecule has 0 spiro atoms. The van der Waals surface area contributed by atoms with E-state index >= 15 is 0 Å². The van der Waals surface area contributed by atoms with Crippen molar-refractivity contribution in [3.63, 3.8) is 0 Å². The van der Waals surface area contributed by atoms with Crippen LogP contribution < -0.4 is 10.1 Å². The number of amides is 1. The van der Waals surface area contributed by atoms with E-state index in [0.29, 0.717) is 17.9 Å². The largest absolute Gasteiger partial charge is 0.487 e. The summed E-state index contributed by atoms with van der Waals surface area (Å²) in [5.74, 6) is 0.512. The number of carbonyl (C=O) groups excluding carboxylic acids is 1. The molecule has 2 aromatic heterocycles. The Hall–Kier alpha value is -2.96. The Labute approximate surface area is 177 Å². The molecule has 0 saturated carbocycles. The standard InChI is InChI=1S/C23H20N2O2S2/c1-16-24-19(15-29-16)14-27-20-10-5-9-18(13-20)23(26)25-22(21-11-6-12-28-21)17-7-3-2-4-8-17/h2-13,15,22H,14H2,1H3,(H,25,26). The van der Waals surface area contributed by atoms with Gasteiger partial charge in [0.15, 0.2) is 0 Å². The number of aromatic nitrogens is 1. The molecular weight excluding hydrogens is 400 g/mol. The molecular formula is C23H20N2O2S2. The van der Waals surface area contributed by atoms with E-state index in [1.165, 1.54) is 0 Å². The van der Waals surface area contributed by atoms with Crippen molar-refractivity contribution in [3.05, 3.63) is 104 Å². The van der Waals surface area contributed by atoms with Gasteiger partial charge >= 0.3 is 0 Å². The van der Waals surface area contributed by atoms with Crippen molar-refractivity contribution < 1.29 is 9.53 Å². The second-order valence-electron chi connectivity index (χ2n) is 6.51. The average molecular weight is 421 g/mol. The van der Waals surface area contributed by atoms with Crippen LogP contribution in [0.15, 0.2) is 77.5 Å². The van der Waals surface area contributed by atoms with E-state index in [-0.39, 0.29) is 11.9 Å². The van der Waals surface area contributed by atoms with Crippen LogP contribution in [0.2, 0.25) is 0 Å². The molecule has 4 rings (SSSR count). The number of hydrogen-bond acceptors (Lipinski definition) is 5. The van der Waals surface area contributed by atoms with Gasteiger partial charge < -0.3 is 10.1 Å². The first-order valence-electron chi connectivity index (χ1n) is 9.22. The van der Waals surface area contributed by atoms with Gasteiger partial charge in [-0.25, -0.2) is 4.98 Å². The minimum absolute atomic E-state index is 0.137. The Balaban J connectivity index is 1.49. The summed E-state index contributed by atoms with van der Waals surface area (Å²) in [6.07, 6.45) is 0. The predicted molar refractivity (Wildman–Crippen MR) is 118 cm³/mol. The first-order valence-corrected chi connectivity index (χ1v) is 11.0. The summed E-state index contributed by atoms with van der Waals surface area (Å²) in [7, 11) is 0. The first-order chi connectivity index (χ1) is 14.2. The van der Waals surface area contributed by atoms with Gasteiger partial charge in [0.05, 0.1) is 16.7 Å². The van der Waals surface area contributed by atoms with Crippen molar-refractivity contribution in [1.82, 2.24) is 10.3 Å². The molecule has 0 radical (unpaired) electrons. The molecule has 0 aliphatic heterocycles. The molecule has 1 amide bonds. The number of nitrogens with one attached hydrogen (secondary N) is 1. The molecule has 1 N–H and O–H groups in total. The lowest BCUT2D eigenvalue weighted by Gasteiger charge is -2.18. The van der Waals surface area contributed by atoms with Gasteiger partial charge in [-0.1, -0.05) is 42.5 Å². The van der Waals surface area contributed by atoms with E-state index in [4.69, 9.17) is 4.74 Å². The maximum absolute atomic E-state index is 13.0. The van der Waals surface area contributed by atoms with Crippen molar-refractivity contribution in [2.24, 2.45) is 0 Å². The van der Waals surface area contributed by atoms with E-state index in [1.807, 2.05) is 72.3 Å². The predicted octanol–water partition coefficient (Wildman–Crippen LogP) is 5.61. The minimum Gasteiger partial charge on any atom is -0.487 e. The third-order valence-electron chi connectivity index (χ3n) is 4.39. The third-order valence-corrected chi connectivity index (χ3v) is 6.15. The normalized spacial score (nSPS) is 11.8. The van der Waals surface area contributed by atoms with Crippen molar-refractivity contribution in [2.45, 2.75) is 19.6 Å². The van der Waals surface area contributed by atoms with Gasteiger partial charge in [0, 0.05) is 15.8 Å². The number of nitrogens with zero attached hydrogens (tertiary/aromatic N) is 1. The number of ether oxygens (including phenoxy) is 1. The summed E-state index contributed by atoms with van der Waals surface area (Å²) < 4.78 is 5.82. The van der Waals surface area contributed by atoms with E-state index in [2.05, 4.69) is 10.3 Å². The Morgan fingerprint density at radius 1 is 1.07 bits per heavy atom. The summed E-state index contributed by atoms with van der Waals surface area (Å²) in [6, 6.07) is 21.1. The minimum atomic E-state index is -0.189. The molecule has 2 aromatic carbocycles. The molecule has 4 aromatic rings. The van der Waals surface area contributed by atoms with E-state index < -0.39 is 0 Å². The molecule has 0 bridgehead atoms. The number of aryl methyl sites for hydroxylation is 1. The van der Waals surface area contributed by atoms with E-state index in [1.54, 1.807) is 34.8 Å². The van der Waals surface area contributed by atoms with Crippen LogP contribution in [0.1, 0.15) is 37.5 Å². The van der Waals surface area contributed by atoms with Gasteiger partial charge in [-0.15, -0.1) is 22.7 Å². The zero-order valence-electron chi connectivity index (χ0n) is 15.9. The Kier molecular flexibility index (Phi) is 6.03. The van der Waals surface area contributed by atoms with Crippen molar-refractivity contribution in [3.8, 4) is 5.75 Å². The Bertz CT molecular complexity index is 1080. The lowest BCUT2D eigenvalue weighted by atomic mass is 10.0. The van der Waals surface area contributed by atoms with Gasteiger partial charge in [-0.2, -0.15) is 0 Å². The zero-order valence-corrected chi connectivity index (χ0v) is 17.5. The molecule has 29 heavy (non-hydrogen) atoms. The summed E-state index contributed by atoms with van der Waals surface area (Å²) >= 11 is 3.23. The quantitative estimate of drug-likeness (QED) is 0.423. The highest BCUT2D eigenvalue weighted by atomic mass is 32.1. The van der Waals surface area contributed by atoms with Crippen molar-refractivity contribution in [2.75, 3.05) is 0 Å². The van der Waals surface area contributed by atoms with Crippen LogP contribution >= 0.6 is 22.7 Å². The Morgan fingerprint density at radius 3 is 2.66 bits per heavy atom. The van der Waals surface area contributed by atoms with Crippen molar-refractivity contribution in [1.29, 1.82) is 0 Å². The molecule has 0 fully saturated rings.